The van der Waals surface area contributed by atoms with Gasteiger partial charge in [0.2, 0.25) is 5.91 Å². The summed E-state index contributed by atoms with van der Waals surface area (Å²) in [5.41, 5.74) is 4.70. The average Bonchev–Trinajstić information content (AvgIpc) is 3.25. The van der Waals surface area contributed by atoms with Crippen molar-refractivity contribution >= 4 is 22.4 Å². The highest BCUT2D eigenvalue weighted by atomic mass is 19.1. The number of hydrogen-bond donors (Lipinski definition) is 1. The first-order valence-corrected chi connectivity index (χ1v) is 10.4. The van der Waals surface area contributed by atoms with Crippen molar-refractivity contribution in [1.29, 1.82) is 0 Å². The number of benzene rings is 3. The van der Waals surface area contributed by atoms with Crippen LogP contribution in [-0.2, 0) is 11.3 Å². The van der Waals surface area contributed by atoms with Crippen LogP contribution in [0.15, 0.2) is 77.4 Å². The van der Waals surface area contributed by atoms with Gasteiger partial charge < -0.3 is 19.2 Å². The summed E-state index contributed by atoms with van der Waals surface area (Å²) in [5.74, 6) is 0.783. The summed E-state index contributed by atoms with van der Waals surface area (Å²) in [4.78, 5) is 12.6. The van der Waals surface area contributed by atoms with Gasteiger partial charge in [0.1, 0.15) is 22.9 Å². The number of para-hydroxylation sites is 1. The minimum atomic E-state index is -0.299. The monoisotopic (exact) mass is 445 g/mol. The van der Waals surface area contributed by atoms with Crippen LogP contribution in [0.2, 0.25) is 0 Å². The van der Waals surface area contributed by atoms with Crippen molar-refractivity contribution in [2.75, 3.05) is 14.2 Å². The molecule has 0 unspecified atom stereocenters. The van der Waals surface area contributed by atoms with Crippen LogP contribution in [0.5, 0.6) is 11.5 Å². The van der Waals surface area contributed by atoms with Crippen LogP contribution < -0.4 is 14.8 Å². The number of carbonyl (C=O) groups excluding carboxylic acids is 1. The number of carbonyl (C=O) groups is 1. The molecule has 5 nitrogen and oxygen atoms in total. The second-order valence-electron chi connectivity index (χ2n) is 7.56. The van der Waals surface area contributed by atoms with E-state index in [0.29, 0.717) is 17.9 Å². The van der Waals surface area contributed by atoms with Crippen molar-refractivity contribution in [2.45, 2.75) is 13.5 Å². The van der Waals surface area contributed by atoms with E-state index in [2.05, 4.69) is 5.32 Å². The first-order chi connectivity index (χ1) is 16.0. The number of hydrogen-bond acceptors (Lipinski definition) is 4. The second-order valence-corrected chi connectivity index (χ2v) is 7.56. The summed E-state index contributed by atoms with van der Waals surface area (Å²) in [6.45, 7) is 2.20. The first kappa shape index (κ1) is 22.1. The SMILES string of the molecule is COc1ccccc1CNC(=O)/C=C(\C)c1cc2c(-c3ccc(F)cc3)coc2cc1OC. The van der Waals surface area contributed by atoms with Crippen molar-refractivity contribution in [1.82, 2.24) is 5.32 Å². The Hall–Kier alpha value is -4.06. The molecule has 168 valence electrons. The summed E-state index contributed by atoms with van der Waals surface area (Å²) in [6, 6.07) is 17.5. The van der Waals surface area contributed by atoms with E-state index in [1.54, 1.807) is 38.7 Å². The quantitative estimate of drug-likeness (QED) is 0.356. The minimum Gasteiger partial charge on any atom is -0.496 e. The van der Waals surface area contributed by atoms with Gasteiger partial charge in [-0.15, -0.1) is 0 Å². The van der Waals surface area contributed by atoms with Crippen molar-refractivity contribution in [3.8, 4) is 22.6 Å². The van der Waals surface area contributed by atoms with Crippen LogP contribution in [0, 0.1) is 5.82 Å². The van der Waals surface area contributed by atoms with Crippen molar-refractivity contribution in [3.05, 3.63) is 89.9 Å². The van der Waals surface area contributed by atoms with Gasteiger partial charge in [0.15, 0.2) is 0 Å². The molecular weight excluding hydrogens is 421 g/mol. The Balaban J connectivity index is 1.62. The van der Waals surface area contributed by atoms with Crippen LogP contribution in [0.25, 0.3) is 27.7 Å². The summed E-state index contributed by atoms with van der Waals surface area (Å²) in [7, 11) is 3.17. The molecule has 0 aliphatic carbocycles. The topological polar surface area (TPSA) is 60.7 Å². The predicted octanol–water partition coefficient (Wildman–Crippen LogP) is 5.98. The zero-order chi connectivity index (χ0) is 23.4. The number of halogens is 1. The molecule has 1 aromatic heterocycles. The molecule has 33 heavy (non-hydrogen) atoms. The second kappa shape index (κ2) is 9.61. The van der Waals surface area contributed by atoms with Gasteiger partial charge in [0.05, 0.1) is 20.5 Å². The summed E-state index contributed by atoms with van der Waals surface area (Å²) < 4.78 is 30.0. The zero-order valence-electron chi connectivity index (χ0n) is 18.6. The highest BCUT2D eigenvalue weighted by Crippen LogP contribution is 2.37. The minimum absolute atomic E-state index is 0.230. The average molecular weight is 445 g/mol. The van der Waals surface area contributed by atoms with E-state index < -0.39 is 0 Å². The lowest BCUT2D eigenvalue weighted by Crippen LogP contribution is -2.21. The zero-order valence-corrected chi connectivity index (χ0v) is 18.6. The summed E-state index contributed by atoms with van der Waals surface area (Å²) in [5, 5.41) is 3.74. The third-order valence-corrected chi connectivity index (χ3v) is 5.47. The third kappa shape index (κ3) is 4.75. The molecule has 0 aliphatic heterocycles. The number of furan rings is 1. The molecule has 0 aliphatic rings. The molecule has 4 aromatic rings. The predicted molar refractivity (Wildman–Crippen MR) is 127 cm³/mol. The number of rotatable bonds is 7. The van der Waals surface area contributed by atoms with Crippen molar-refractivity contribution in [2.24, 2.45) is 0 Å². The van der Waals surface area contributed by atoms with E-state index in [-0.39, 0.29) is 11.7 Å². The Morgan fingerprint density at radius 2 is 1.76 bits per heavy atom. The molecule has 1 heterocycles. The van der Waals surface area contributed by atoms with Gasteiger partial charge in [0.25, 0.3) is 0 Å². The lowest BCUT2D eigenvalue weighted by atomic mass is 9.99. The van der Waals surface area contributed by atoms with E-state index in [1.807, 2.05) is 37.3 Å². The van der Waals surface area contributed by atoms with Gasteiger partial charge in [-0.25, -0.2) is 4.39 Å². The fourth-order valence-corrected chi connectivity index (χ4v) is 3.74. The van der Waals surface area contributed by atoms with Gasteiger partial charge in [-0.3, -0.25) is 4.79 Å². The lowest BCUT2D eigenvalue weighted by Gasteiger charge is -2.11. The first-order valence-electron chi connectivity index (χ1n) is 10.4. The van der Waals surface area contributed by atoms with Gasteiger partial charge >= 0.3 is 0 Å². The molecule has 4 rings (SSSR count). The maximum absolute atomic E-state index is 13.4. The fraction of sp³-hybridized carbons (Fsp3) is 0.148. The standard InChI is InChI=1S/C27H24FNO4/c1-17(12-27(30)29-15-19-6-4-5-7-24(19)31-2)21-13-22-23(18-8-10-20(28)11-9-18)16-33-26(22)14-25(21)32-3/h4-14,16H,15H2,1-3H3,(H,29,30)/b17-12+. The third-order valence-electron chi connectivity index (χ3n) is 5.47. The highest BCUT2D eigenvalue weighted by molar-refractivity contribution is 6.00. The maximum Gasteiger partial charge on any atom is 0.244 e. The molecule has 0 atom stereocenters. The number of nitrogens with one attached hydrogen (secondary N) is 1. The van der Waals surface area contributed by atoms with Crippen molar-refractivity contribution < 1.29 is 23.1 Å². The van der Waals surface area contributed by atoms with Crippen molar-refractivity contribution in [3.63, 3.8) is 0 Å². The van der Waals surface area contributed by atoms with Crippen LogP contribution in [0.1, 0.15) is 18.1 Å². The molecule has 0 saturated heterocycles. The number of fused-ring (bicyclic) bond motifs is 1. The lowest BCUT2D eigenvalue weighted by molar-refractivity contribution is -0.116. The Morgan fingerprint density at radius 3 is 2.48 bits per heavy atom. The number of methoxy groups -OCH3 is 2. The van der Waals surface area contributed by atoms with Gasteiger partial charge in [-0.05, 0) is 42.3 Å². The smallest absolute Gasteiger partial charge is 0.244 e. The number of allylic oxidation sites excluding steroid dienone is 1. The molecule has 0 bridgehead atoms. The Bertz CT molecular complexity index is 1320. The Kier molecular flexibility index (Phi) is 6.45. The van der Waals surface area contributed by atoms with E-state index in [0.717, 1.165) is 39.0 Å². The van der Waals surface area contributed by atoms with Gasteiger partial charge in [0, 0.05) is 40.8 Å². The largest absolute Gasteiger partial charge is 0.496 e. The molecule has 1 amide bonds. The maximum atomic E-state index is 13.4. The van der Waals surface area contributed by atoms with E-state index >= 15 is 0 Å². The molecule has 0 radical (unpaired) electrons. The Morgan fingerprint density at radius 1 is 1.03 bits per heavy atom. The van der Waals surface area contributed by atoms with Crippen LogP contribution >= 0.6 is 0 Å². The number of amides is 1. The molecule has 3 aromatic carbocycles. The summed E-state index contributed by atoms with van der Waals surface area (Å²) >= 11 is 0. The number of ether oxygens (including phenoxy) is 2. The molecule has 1 N–H and O–H groups in total. The fourth-order valence-electron chi connectivity index (χ4n) is 3.74. The summed E-state index contributed by atoms with van der Waals surface area (Å²) in [6.07, 6.45) is 3.18. The molecule has 6 heteroatoms. The Labute approximate surface area is 191 Å². The van der Waals surface area contributed by atoms with Crippen LogP contribution in [0.3, 0.4) is 0 Å². The van der Waals surface area contributed by atoms with E-state index in [1.165, 1.54) is 18.2 Å². The molecular formula is C27H24FNO4. The van der Waals surface area contributed by atoms with E-state index in [4.69, 9.17) is 13.9 Å². The highest BCUT2D eigenvalue weighted by Gasteiger charge is 2.15. The molecule has 0 fully saturated rings. The van der Waals surface area contributed by atoms with E-state index in [9.17, 15) is 9.18 Å². The normalized spacial score (nSPS) is 11.5. The molecule has 0 spiro atoms. The molecule has 0 saturated carbocycles. The van der Waals surface area contributed by atoms with Gasteiger partial charge in [-0.2, -0.15) is 0 Å². The van der Waals surface area contributed by atoms with Gasteiger partial charge in [-0.1, -0.05) is 30.3 Å². The van der Waals surface area contributed by atoms with Crippen LogP contribution in [-0.4, -0.2) is 20.1 Å². The van der Waals surface area contributed by atoms with Crippen LogP contribution in [0.4, 0.5) is 4.39 Å².